The van der Waals surface area contributed by atoms with Gasteiger partial charge in [-0.3, -0.25) is 14.9 Å². The average molecular weight is 293 g/mol. The number of non-ortho nitro benzene ring substituents is 1. The summed E-state index contributed by atoms with van der Waals surface area (Å²) in [6, 6.07) is 4.21. The van der Waals surface area contributed by atoms with E-state index in [9.17, 15) is 25.1 Å². The lowest BCUT2D eigenvalue weighted by Gasteiger charge is -2.17. The van der Waals surface area contributed by atoms with Crippen molar-refractivity contribution in [3.05, 3.63) is 40.1 Å². The second-order valence-electron chi connectivity index (χ2n) is 4.68. The Morgan fingerprint density at radius 3 is 2.81 bits per heavy atom. The van der Waals surface area contributed by atoms with Crippen molar-refractivity contribution in [3.8, 4) is 0 Å². The van der Waals surface area contributed by atoms with Crippen molar-refractivity contribution in [2.24, 2.45) is 0 Å². The van der Waals surface area contributed by atoms with Crippen LogP contribution in [0.1, 0.15) is 18.6 Å². The largest absolute Gasteiger partial charge is 0.388 e. The number of nitrogens with one attached hydrogen (secondary N) is 2. The summed E-state index contributed by atoms with van der Waals surface area (Å²) < 4.78 is 0. The minimum Gasteiger partial charge on any atom is -0.388 e. The van der Waals surface area contributed by atoms with Crippen LogP contribution in [0, 0.1) is 10.1 Å². The van der Waals surface area contributed by atoms with Crippen molar-refractivity contribution in [1.29, 1.82) is 0 Å². The van der Waals surface area contributed by atoms with Crippen LogP contribution in [0.4, 0.5) is 5.69 Å². The Balaban J connectivity index is 2.30. The van der Waals surface area contributed by atoms with Gasteiger partial charge in [0.15, 0.2) is 0 Å². The molecule has 0 aliphatic heterocycles. The highest BCUT2D eigenvalue weighted by atomic mass is 16.6. The second kappa shape index (κ2) is 5.90. The molecule has 2 rings (SSSR count). The van der Waals surface area contributed by atoms with Crippen LogP contribution in [-0.4, -0.2) is 38.7 Å². The number of nitro benzene ring substituents is 1. The van der Waals surface area contributed by atoms with Gasteiger partial charge in [0.05, 0.1) is 4.92 Å². The monoisotopic (exact) mass is 293 g/mol. The smallest absolute Gasteiger partial charge is 0.270 e. The van der Waals surface area contributed by atoms with E-state index in [1.807, 2.05) is 0 Å². The van der Waals surface area contributed by atoms with Gasteiger partial charge in [-0.15, -0.1) is 0 Å². The first-order valence-corrected chi connectivity index (χ1v) is 6.26. The standard InChI is InChI=1S/C13H15N3O5/c1-7(17)14-6-12(18)13(19)10-5-15-11-3-2-8(16(20)21)4-9(10)11/h2-5,12-13,15,18-19H,6H2,1H3,(H,14,17). The molecule has 0 fully saturated rings. The third kappa shape index (κ3) is 3.18. The number of fused-ring (bicyclic) bond motifs is 1. The maximum absolute atomic E-state index is 10.8. The molecule has 1 aromatic heterocycles. The number of carbonyl (C=O) groups is 1. The van der Waals surface area contributed by atoms with E-state index in [1.54, 1.807) is 0 Å². The number of nitro groups is 1. The molecule has 1 heterocycles. The fraction of sp³-hybridized carbons (Fsp3) is 0.308. The number of hydrogen-bond donors (Lipinski definition) is 4. The molecule has 0 spiro atoms. The SMILES string of the molecule is CC(=O)NCC(O)C(O)c1c[nH]c2ccc([N+](=O)[O-])cc12. The van der Waals surface area contributed by atoms with Crippen molar-refractivity contribution in [2.45, 2.75) is 19.1 Å². The summed E-state index contributed by atoms with van der Waals surface area (Å²) in [7, 11) is 0. The van der Waals surface area contributed by atoms with Crippen LogP contribution in [0.5, 0.6) is 0 Å². The Bertz CT molecular complexity index is 681. The average Bonchev–Trinajstić information content (AvgIpc) is 2.86. The lowest BCUT2D eigenvalue weighted by atomic mass is 10.0. The van der Waals surface area contributed by atoms with Crippen LogP contribution < -0.4 is 5.32 Å². The zero-order valence-corrected chi connectivity index (χ0v) is 11.2. The Morgan fingerprint density at radius 2 is 2.19 bits per heavy atom. The highest BCUT2D eigenvalue weighted by Gasteiger charge is 2.22. The van der Waals surface area contributed by atoms with Gasteiger partial charge in [-0.05, 0) is 6.07 Å². The molecule has 1 amide bonds. The van der Waals surface area contributed by atoms with Crippen molar-refractivity contribution in [1.82, 2.24) is 10.3 Å². The van der Waals surface area contributed by atoms with Gasteiger partial charge in [-0.25, -0.2) is 0 Å². The molecule has 8 nitrogen and oxygen atoms in total. The zero-order valence-electron chi connectivity index (χ0n) is 11.2. The minimum atomic E-state index is -1.27. The van der Waals surface area contributed by atoms with E-state index in [0.29, 0.717) is 16.5 Å². The number of amides is 1. The molecule has 1 aromatic carbocycles. The van der Waals surface area contributed by atoms with Crippen LogP contribution in [0.15, 0.2) is 24.4 Å². The number of H-pyrrole nitrogens is 1. The maximum atomic E-state index is 10.8. The first-order chi connectivity index (χ1) is 9.90. The van der Waals surface area contributed by atoms with E-state index in [2.05, 4.69) is 10.3 Å². The first kappa shape index (κ1) is 14.9. The molecule has 8 heteroatoms. The van der Waals surface area contributed by atoms with E-state index >= 15 is 0 Å². The van der Waals surface area contributed by atoms with Crippen molar-refractivity contribution >= 4 is 22.5 Å². The fourth-order valence-corrected chi connectivity index (χ4v) is 2.06. The van der Waals surface area contributed by atoms with E-state index < -0.39 is 17.1 Å². The molecule has 0 radical (unpaired) electrons. The van der Waals surface area contributed by atoms with Gasteiger partial charge < -0.3 is 20.5 Å². The molecule has 0 bridgehead atoms. The maximum Gasteiger partial charge on any atom is 0.270 e. The molecule has 2 atom stereocenters. The molecule has 0 aliphatic rings. The summed E-state index contributed by atoms with van der Waals surface area (Å²) in [5, 5.41) is 33.6. The number of aromatic amines is 1. The van der Waals surface area contributed by atoms with Crippen LogP contribution in [0.2, 0.25) is 0 Å². The third-order valence-corrected chi connectivity index (χ3v) is 3.15. The normalized spacial score (nSPS) is 13.9. The number of hydrogen-bond acceptors (Lipinski definition) is 5. The molecule has 4 N–H and O–H groups in total. The molecule has 21 heavy (non-hydrogen) atoms. The second-order valence-corrected chi connectivity index (χ2v) is 4.68. The zero-order chi connectivity index (χ0) is 15.6. The van der Waals surface area contributed by atoms with Crippen molar-refractivity contribution in [2.75, 3.05) is 6.54 Å². The molecular weight excluding hydrogens is 278 g/mol. The first-order valence-electron chi connectivity index (χ1n) is 6.26. The van der Waals surface area contributed by atoms with E-state index in [1.165, 1.54) is 31.3 Å². The quantitative estimate of drug-likeness (QED) is 0.474. The summed E-state index contributed by atoms with van der Waals surface area (Å²) in [5.74, 6) is -0.323. The van der Waals surface area contributed by atoms with Crippen molar-refractivity contribution in [3.63, 3.8) is 0 Å². The molecule has 0 aliphatic carbocycles. The van der Waals surface area contributed by atoms with Gasteiger partial charge in [-0.1, -0.05) is 0 Å². The number of aliphatic hydroxyl groups excluding tert-OH is 2. The van der Waals surface area contributed by atoms with Gasteiger partial charge in [0.1, 0.15) is 12.2 Å². The van der Waals surface area contributed by atoms with Gasteiger partial charge in [-0.2, -0.15) is 0 Å². The topological polar surface area (TPSA) is 128 Å². The molecule has 112 valence electrons. The van der Waals surface area contributed by atoms with Crippen molar-refractivity contribution < 1.29 is 19.9 Å². The molecule has 0 saturated carbocycles. The number of aromatic nitrogens is 1. The molecular formula is C13H15N3O5. The van der Waals surface area contributed by atoms with E-state index in [4.69, 9.17) is 0 Å². The molecule has 2 aromatic rings. The Morgan fingerprint density at radius 1 is 1.48 bits per heavy atom. The number of aliphatic hydroxyl groups is 2. The Labute approximate surface area is 119 Å². The van der Waals surface area contributed by atoms with Gasteiger partial charge in [0.2, 0.25) is 5.91 Å². The predicted molar refractivity (Wildman–Crippen MR) is 74.6 cm³/mol. The van der Waals surface area contributed by atoms with Gasteiger partial charge >= 0.3 is 0 Å². The number of benzene rings is 1. The van der Waals surface area contributed by atoms with Crippen LogP contribution >= 0.6 is 0 Å². The van der Waals surface area contributed by atoms with Gasteiger partial charge in [0.25, 0.3) is 5.69 Å². The Hall–Kier alpha value is -2.45. The number of rotatable bonds is 5. The summed E-state index contributed by atoms with van der Waals surface area (Å²) in [6.45, 7) is 1.19. The highest BCUT2D eigenvalue weighted by molar-refractivity contribution is 5.85. The lowest BCUT2D eigenvalue weighted by Crippen LogP contribution is -2.34. The Kier molecular flexibility index (Phi) is 4.20. The summed E-state index contributed by atoms with van der Waals surface area (Å²) in [6.07, 6.45) is -1.00. The fourth-order valence-electron chi connectivity index (χ4n) is 2.06. The number of nitrogens with zero attached hydrogens (tertiary/aromatic N) is 1. The summed E-state index contributed by atoms with van der Waals surface area (Å²) in [4.78, 5) is 23.9. The summed E-state index contributed by atoms with van der Waals surface area (Å²) >= 11 is 0. The predicted octanol–water partition coefficient (Wildman–Crippen LogP) is 0.606. The summed E-state index contributed by atoms with van der Waals surface area (Å²) in [5.41, 5.74) is 0.847. The van der Waals surface area contributed by atoms with E-state index in [0.717, 1.165) is 0 Å². The molecule has 0 saturated heterocycles. The van der Waals surface area contributed by atoms with Gasteiger partial charge in [0, 0.05) is 48.3 Å². The van der Waals surface area contributed by atoms with E-state index in [-0.39, 0.29) is 18.1 Å². The number of carbonyl (C=O) groups excluding carboxylic acids is 1. The molecule has 2 unspecified atom stereocenters. The van der Waals surface area contributed by atoms with Crippen LogP contribution in [0.25, 0.3) is 10.9 Å². The highest BCUT2D eigenvalue weighted by Crippen LogP contribution is 2.29. The lowest BCUT2D eigenvalue weighted by molar-refractivity contribution is -0.384. The third-order valence-electron chi connectivity index (χ3n) is 3.15. The van der Waals surface area contributed by atoms with Crippen LogP contribution in [-0.2, 0) is 4.79 Å². The minimum absolute atomic E-state index is 0.105. The van der Waals surface area contributed by atoms with Crippen LogP contribution in [0.3, 0.4) is 0 Å².